The highest BCUT2D eigenvalue weighted by Gasteiger charge is 2.19. The molecule has 3 aromatic carbocycles. The smallest absolute Gasteiger partial charge is 0.270 e. The number of nitrogens with one attached hydrogen (secondary N) is 1. The van der Waals surface area contributed by atoms with Gasteiger partial charge in [-0.25, -0.2) is 0 Å². The molecule has 34 heavy (non-hydrogen) atoms. The molecule has 0 aliphatic heterocycles. The molecule has 0 atom stereocenters. The molecule has 0 saturated heterocycles. The van der Waals surface area contributed by atoms with Crippen molar-refractivity contribution in [3.63, 3.8) is 0 Å². The van der Waals surface area contributed by atoms with Crippen LogP contribution in [0, 0.1) is 17.0 Å². The molecule has 0 unspecified atom stereocenters. The van der Waals surface area contributed by atoms with Gasteiger partial charge in [-0.1, -0.05) is 36.4 Å². The lowest BCUT2D eigenvalue weighted by molar-refractivity contribution is -0.384. The number of ether oxygens (including phenoxy) is 1. The van der Waals surface area contributed by atoms with Crippen molar-refractivity contribution in [3.8, 4) is 17.1 Å². The number of nitrogens with zero attached hydrogens (tertiary/aromatic N) is 5. The molecule has 5 aromatic rings. The van der Waals surface area contributed by atoms with Gasteiger partial charge in [-0.15, -0.1) is 10.2 Å². The number of hydrogen-bond acceptors (Lipinski definition) is 7. The van der Waals surface area contributed by atoms with Crippen molar-refractivity contribution in [2.24, 2.45) is 0 Å². The molecule has 0 saturated carbocycles. The van der Waals surface area contributed by atoms with Crippen LogP contribution in [0.3, 0.4) is 0 Å². The molecule has 0 aliphatic carbocycles. The average molecular weight is 454 g/mol. The first kappa shape index (κ1) is 21.0. The first-order valence-corrected chi connectivity index (χ1v) is 10.3. The van der Waals surface area contributed by atoms with Crippen molar-refractivity contribution < 1.29 is 14.5 Å². The number of non-ortho nitro benzene ring substituents is 1. The molecule has 1 amide bonds. The summed E-state index contributed by atoms with van der Waals surface area (Å²) < 4.78 is 6.89. The van der Waals surface area contributed by atoms with Gasteiger partial charge in [0.15, 0.2) is 11.5 Å². The maximum absolute atomic E-state index is 12.9. The van der Waals surface area contributed by atoms with E-state index in [2.05, 4.69) is 20.6 Å². The van der Waals surface area contributed by atoms with E-state index in [4.69, 9.17) is 4.74 Å². The largest absolute Gasteiger partial charge is 0.496 e. The van der Waals surface area contributed by atoms with Crippen LogP contribution in [0.1, 0.15) is 16.1 Å². The standard InChI is InChI=1S/C24H18N6O4/c1-14-18-8-3-4-9-19(18)23-27-26-22(29(23)28-14)15-6-5-7-16(12-15)25-24(31)20-13-17(30(32)33)10-11-21(20)34-2/h3-13H,1-2H3,(H,25,31). The van der Waals surface area contributed by atoms with E-state index < -0.39 is 10.8 Å². The second kappa shape index (κ2) is 8.24. The third kappa shape index (κ3) is 3.56. The van der Waals surface area contributed by atoms with E-state index in [0.29, 0.717) is 22.7 Å². The number of nitro groups is 1. The van der Waals surface area contributed by atoms with Gasteiger partial charge in [-0.05, 0) is 25.1 Å². The Kier molecular flexibility index (Phi) is 5.09. The molecule has 0 fully saturated rings. The lowest BCUT2D eigenvalue weighted by Gasteiger charge is -2.10. The summed E-state index contributed by atoms with van der Waals surface area (Å²) in [5.41, 5.74) is 2.49. The van der Waals surface area contributed by atoms with Crippen molar-refractivity contribution in [1.29, 1.82) is 0 Å². The van der Waals surface area contributed by atoms with Gasteiger partial charge in [0.05, 0.1) is 23.3 Å². The number of aryl methyl sites for hydroxylation is 1. The topological polar surface area (TPSA) is 125 Å². The Morgan fingerprint density at radius 1 is 1.03 bits per heavy atom. The second-order valence-electron chi connectivity index (χ2n) is 7.57. The Labute approximate surface area is 193 Å². The first-order valence-electron chi connectivity index (χ1n) is 10.3. The number of amides is 1. The quantitative estimate of drug-likeness (QED) is 0.308. The SMILES string of the molecule is COc1ccc([N+](=O)[O-])cc1C(=O)Nc1cccc(-c2nnc3c4ccccc4c(C)nn23)c1. The van der Waals surface area contributed by atoms with Crippen molar-refractivity contribution in [2.75, 3.05) is 12.4 Å². The fraction of sp³-hybridized carbons (Fsp3) is 0.0833. The summed E-state index contributed by atoms with van der Waals surface area (Å²) in [5, 5.41) is 29.2. The zero-order valence-corrected chi connectivity index (χ0v) is 18.2. The summed E-state index contributed by atoms with van der Waals surface area (Å²) in [4.78, 5) is 23.5. The molecular formula is C24H18N6O4. The number of aromatic nitrogens is 4. The number of fused-ring (bicyclic) bond motifs is 3. The highest BCUT2D eigenvalue weighted by atomic mass is 16.6. The highest BCUT2D eigenvalue weighted by molar-refractivity contribution is 6.07. The number of methoxy groups -OCH3 is 1. The second-order valence-corrected chi connectivity index (χ2v) is 7.57. The molecule has 0 radical (unpaired) electrons. The number of anilines is 1. The zero-order valence-electron chi connectivity index (χ0n) is 18.2. The van der Waals surface area contributed by atoms with Crippen LogP contribution in [-0.2, 0) is 0 Å². The number of rotatable bonds is 5. The van der Waals surface area contributed by atoms with Crippen LogP contribution >= 0.6 is 0 Å². The maximum Gasteiger partial charge on any atom is 0.270 e. The van der Waals surface area contributed by atoms with Crippen LogP contribution in [0.4, 0.5) is 11.4 Å². The summed E-state index contributed by atoms with van der Waals surface area (Å²) in [5.74, 6) is 0.214. The Balaban J connectivity index is 1.52. The fourth-order valence-corrected chi connectivity index (χ4v) is 3.84. The van der Waals surface area contributed by atoms with Gasteiger partial charge in [-0.3, -0.25) is 14.9 Å². The number of carbonyl (C=O) groups is 1. The Morgan fingerprint density at radius 2 is 1.82 bits per heavy atom. The minimum absolute atomic E-state index is 0.0544. The van der Waals surface area contributed by atoms with Crippen LogP contribution in [-0.4, -0.2) is 37.8 Å². The molecule has 1 N–H and O–H groups in total. The predicted octanol–water partition coefficient (Wildman–Crippen LogP) is 4.42. The highest BCUT2D eigenvalue weighted by Crippen LogP contribution is 2.28. The van der Waals surface area contributed by atoms with Crippen molar-refractivity contribution in [2.45, 2.75) is 6.92 Å². The Hall–Kier alpha value is -4.86. The van der Waals surface area contributed by atoms with Gasteiger partial charge in [-0.2, -0.15) is 9.61 Å². The number of hydrogen-bond donors (Lipinski definition) is 1. The number of nitro benzene ring substituents is 1. The fourth-order valence-electron chi connectivity index (χ4n) is 3.84. The van der Waals surface area contributed by atoms with Gasteiger partial charge in [0.2, 0.25) is 0 Å². The average Bonchev–Trinajstić information content (AvgIpc) is 3.28. The van der Waals surface area contributed by atoms with E-state index in [1.165, 1.54) is 25.3 Å². The predicted molar refractivity (Wildman–Crippen MR) is 126 cm³/mol. The van der Waals surface area contributed by atoms with Gasteiger partial charge in [0.25, 0.3) is 11.6 Å². The molecule has 2 aromatic heterocycles. The van der Waals surface area contributed by atoms with Crippen LogP contribution in [0.15, 0.2) is 66.7 Å². The third-order valence-electron chi connectivity index (χ3n) is 5.47. The van der Waals surface area contributed by atoms with E-state index in [-0.39, 0.29) is 17.0 Å². The van der Waals surface area contributed by atoms with Gasteiger partial charge < -0.3 is 10.1 Å². The summed E-state index contributed by atoms with van der Waals surface area (Å²) in [6.45, 7) is 1.93. The monoisotopic (exact) mass is 454 g/mol. The minimum Gasteiger partial charge on any atom is -0.496 e. The summed E-state index contributed by atoms with van der Waals surface area (Å²) in [7, 11) is 1.40. The zero-order chi connectivity index (χ0) is 23.8. The van der Waals surface area contributed by atoms with Crippen LogP contribution in [0.2, 0.25) is 0 Å². The molecule has 2 heterocycles. The molecule has 5 rings (SSSR count). The van der Waals surface area contributed by atoms with Crippen LogP contribution in [0.25, 0.3) is 27.8 Å². The van der Waals surface area contributed by atoms with E-state index in [1.807, 2.05) is 37.3 Å². The molecule has 168 valence electrons. The Morgan fingerprint density at radius 3 is 2.59 bits per heavy atom. The molecule has 0 aliphatic rings. The molecule has 10 heteroatoms. The molecular weight excluding hydrogens is 436 g/mol. The number of benzene rings is 3. The van der Waals surface area contributed by atoms with E-state index in [0.717, 1.165) is 16.5 Å². The van der Waals surface area contributed by atoms with Gasteiger partial charge >= 0.3 is 0 Å². The van der Waals surface area contributed by atoms with Crippen molar-refractivity contribution >= 4 is 33.7 Å². The van der Waals surface area contributed by atoms with Gasteiger partial charge in [0, 0.05) is 34.2 Å². The van der Waals surface area contributed by atoms with Crippen molar-refractivity contribution in [1.82, 2.24) is 19.8 Å². The van der Waals surface area contributed by atoms with Crippen molar-refractivity contribution in [3.05, 3.63) is 88.1 Å². The third-order valence-corrected chi connectivity index (χ3v) is 5.47. The minimum atomic E-state index is -0.564. The lowest BCUT2D eigenvalue weighted by Crippen LogP contribution is -2.13. The molecule has 10 nitrogen and oxygen atoms in total. The van der Waals surface area contributed by atoms with E-state index in [1.54, 1.807) is 22.7 Å². The molecule has 0 spiro atoms. The van der Waals surface area contributed by atoms with E-state index >= 15 is 0 Å². The summed E-state index contributed by atoms with van der Waals surface area (Å²) in [6, 6.07) is 18.8. The Bertz CT molecular complexity index is 1590. The van der Waals surface area contributed by atoms with Gasteiger partial charge in [0.1, 0.15) is 5.75 Å². The normalized spacial score (nSPS) is 11.0. The van der Waals surface area contributed by atoms with E-state index in [9.17, 15) is 14.9 Å². The lowest BCUT2D eigenvalue weighted by atomic mass is 10.1. The summed E-state index contributed by atoms with van der Waals surface area (Å²) in [6.07, 6.45) is 0. The summed E-state index contributed by atoms with van der Waals surface area (Å²) >= 11 is 0. The molecule has 0 bridgehead atoms. The van der Waals surface area contributed by atoms with Crippen LogP contribution in [0.5, 0.6) is 5.75 Å². The number of carbonyl (C=O) groups excluding carboxylic acids is 1. The van der Waals surface area contributed by atoms with Crippen LogP contribution < -0.4 is 10.1 Å². The maximum atomic E-state index is 12.9. The first-order chi connectivity index (χ1) is 16.5.